The van der Waals surface area contributed by atoms with E-state index in [4.69, 9.17) is 19.0 Å². The van der Waals surface area contributed by atoms with Crippen molar-refractivity contribution >= 4 is 81.6 Å². The van der Waals surface area contributed by atoms with E-state index < -0.39 is 0 Å². The second-order valence-corrected chi connectivity index (χ2v) is 19.7. The molecule has 1 radical (unpaired) electrons. The molecule has 14 rings (SSSR count). The van der Waals surface area contributed by atoms with Crippen molar-refractivity contribution in [2.24, 2.45) is 0 Å². The van der Waals surface area contributed by atoms with E-state index in [-0.39, 0.29) is 26.2 Å². The average Bonchev–Trinajstić information content (AvgIpc) is 4.34. The molecule has 0 N–H and O–H groups in total. The SMILES string of the molecule is CCC(COc1ccc(-c2c(C)nn(-c3[c-]cccc3)c2C)cc1)OC.[Ir].[c-]1cccc2c3cc(-c4cccc(-n5c6ccccc6c6cc(-c7ccc8oc9ccccc9c8c7)ccc65)c4)sc3c3ccnn3c12. The molecular weight excluding hydrogens is 1120 g/mol. The van der Waals surface area contributed by atoms with Gasteiger partial charge >= 0.3 is 0 Å². The van der Waals surface area contributed by atoms with Gasteiger partial charge in [0.05, 0.1) is 28.3 Å². The van der Waals surface area contributed by atoms with Crippen LogP contribution < -0.4 is 4.74 Å². The number of furan rings is 1. The molecule has 0 saturated heterocycles. The number of aryl methyl sites for hydroxylation is 1. The summed E-state index contributed by atoms with van der Waals surface area (Å²) in [7, 11) is 1.72. The number of methoxy groups -OCH3 is 1. The number of pyridine rings is 1. The summed E-state index contributed by atoms with van der Waals surface area (Å²) in [4.78, 5) is 1.23. The van der Waals surface area contributed by atoms with Crippen LogP contribution in [0.25, 0.3) is 114 Å². The molecule has 1 unspecified atom stereocenters. The van der Waals surface area contributed by atoms with Crippen LogP contribution in [0.1, 0.15) is 24.7 Å². The van der Waals surface area contributed by atoms with Gasteiger partial charge < -0.3 is 18.5 Å². The molecule has 6 heterocycles. The molecule has 8 aromatic carbocycles. The minimum atomic E-state index is 0. The molecule has 0 spiro atoms. The second-order valence-electron chi connectivity index (χ2n) is 18.7. The number of para-hydroxylation sites is 4. The maximum atomic E-state index is 6.11. The molecule has 0 fully saturated rings. The van der Waals surface area contributed by atoms with Gasteiger partial charge in [0.25, 0.3) is 0 Å². The summed E-state index contributed by atoms with van der Waals surface area (Å²) in [6.45, 7) is 6.78. The van der Waals surface area contributed by atoms with E-state index in [2.05, 4.69) is 169 Å². The first kappa shape index (κ1) is 47.9. The fourth-order valence-electron chi connectivity index (χ4n) is 10.6. The van der Waals surface area contributed by atoms with Crippen molar-refractivity contribution in [3.05, 3.63) is 218 Å². The van der Waals surface area contributed by atoms with Crippen molar-refractivity contribution in [1.29, 1.82) is 0 Å². The van der Waals surface area contributed by atoms with Gasteiger partial charge in [-0.25, -0.2) is 0 Å². The van der Waals surface area contributed by atoms with Gasteiger partial charge in [0.15, 0.2) is 0 Å². The molecule has 1 atom stereocenters. The van der Waals surface area contributed by atoms with Crippen LogP contribution >= 0.6 is 11.3 Å². The third kappa shape index (κ3) is 8.50. The smallest absolute Gasteiger partial charge is 0.135 e. The van der Waals surface area contributed by atoms with Gasteiger partial charge in [0.2, 0.25) is 0 Å². The first-order valence-electron chi connectivity index (χ1n) is 25.0. The maximum Gasteiger partial charge on any atom is 0.135 e. The summed E-state index contributed by atoms with van der Waals surface area (Å²) in [5.74, 6) is 0.850. The van der Waals surface area contributed by atoms with Crippen LogP contribution in [0.15, 0.2) is 199 Å². The number of nitrogens with zero attached hydrogens (tertiary/aromatic N) is 5. The Morgan fingerprint density at radius 3 is 2.17 bits per heavy atom. The van der Waals surface area contributed by atoms with Gasteiger partial charge in [-0.3, -0.25) is 9.20 Å². The maximum absolute atomic E-state index is 6.11. The van der Waals surface area contributed by atoms with Crippen molar-refractivity contribution in [3.8, 4) is 49.8 Å². The van der Waals surface area contributed by atoms with Gasteiger partial charge in [-0.2, -0.15) is 58.7 Å². The fourth-order valence-corrected chi connectivity index (χ4v) is 11.8. The van der Waals surface area contributed by atoms with Crippen LogP contribution in [-0.4, -0.2) is 43.8 Å². The number of ether oxygens (including phenoxy) is 2. The Hall–Kier alpha value is -8.11. The Bertz CT molecular complexity index is 4390. The molecule has 0 aliphatic heterocycles. The van der Waals surface area contributed by atoms with Gasteiger partial charge in [-0.05, 0) is 127 Å². The number of rotatable bonds is 10. The number of thiophene rings is 1. The van der Waals surface area contributed by atoms with E-state index in [1.165, 1.54) is 58.8 Å². The molecule has 369 valence electrons. The number of hydrogen-bond acceptors (Lipinski definition) is 6. The van der Waals surface area contributed by atoms with E-state index in [0.717, 1.165) is 79.0 Å². The third-order valence-corrected chi connectivity index (χ3v) is 15.5. The molecule has 0 aliphatic rings. The van der Waals surface area contributed by atoms with Crippen molar-refractivity contribution in [2.45, 2.75) is 33.3 Å². The summed E-state index contributed by atoms with van der Waals surface area (Å²) in [6.07, 6.45) is 2.93. The van der Waals surface area contributed by atoms with Gasteiger partial charge in [0, 0.05) is 81.5 Å². The van der Waals surface area contributed by atoms with Crippen LogP contribution in [0.4, 0.5) is 0 Å². The van der Waals surface area contributed by atoms with E-state index in [9.17, 15) is 0 Å². The predicted octanol–water partition coefficient (Wildman–Crippen LogP) is 16.6. The molecular formula is C65H49IrN5O3S-2. The Labute approximate surface area is 451 Å². The van der Waals surface area contributed by atoms with Crippen LogP contribution in [0.3, 0.4) is 0 Å². The van der Waals surface area contributed by atoms with Crippen molar-refractivity contribution in [3.63, 3.8) is 0 Å². The molecule has 75 heavy (non-hydrogen) atoms. The summed E-state index contributed by atoms with van der Waals surface area (Å²) in [6, 6.07) is 72.6. The first-order valence-corrected chi connectivity index (χ1v) is 25.8. The minimum Gasteiger partial charge on any atom is -0.491 e. The number of fused-ring (bicyclic) bond motifs is 12. The number of hydrogen-bond donors (Lipinski definition) is 0. The first-order chi connectivity index (χ1) is 36.4. The predicted molar refractivity (Wildman–Crippen MR) is 303 cm³/mol. The largest absolute Gasteiger partial charge is 0.491 e. The Kier molecular flexibility index (Phi) is 12.7. The van der Waals surface area contributed by atoms with Crippen LogP contribution in [0, 0.1) is 26.0 Å². The van der Waals surface area contributed by atoms with E-state index in [0.29, 0.717) is 6.61 Å². The molecule has 0 saturated carbocycles. The van der Waals surface area contributed by atoms with Crippen LogP contribution in [0.5, 0.6) is 5.75 Å². The standard InChI is InChI=1S/C43H24N3OS.C22H25N2O2.Ir/c1-4-13-36-30(10-1)33-23-26(27-17-19-41-34(24-27)32-12-3-6-15-40(32)47-41)16-18-37(33)45(36)29-9-7-8-28(22-29)42-25-35-31-11-2-5-14-38(31)46-39(20-21-44-46)43(35)48-42;1-5-20(25-4)15-26-21-13-11-18(12-14-21)22-16(2)23-24(17(22)3)19-9-7-6-8-10-19;/h1-13,15-25H;6-9,11-14,20H,5,15H2,1-4H3;/q2*-1;. The summed E-state index contributed by atoms with van der Waals surface area (Å²) >= 11 is 1.82. The molecule has 6 aromatic heterocycles. The molecule has 0 amide bonds. The fraction of sp³-hybridized carbons (Fsp3) is 0.108. The number of benzene rings is 8. The van der Waals surface area contributed by atoms with E-state index in [1.54, 1.807) is 7.11 Å². The Morgan fingerprint density at radius 1 is 0.613 bits per heavy atom. The second kappa shape index (κ2) is 20.0. The third-order valence-electron chi connectivity index (χ3n) is 14.3. The van der Waals surface area contributed by atoms with Gasteiger partial charge in [-0.15, -0.1) is 22.8 Å². The summed E-state index contributed by atoms with van der Waals surface area (Å²) in [5, 5.41) is 16.5. The quantitative estimate of drug-likeness (QED) is 0.128. The zero-order valence-corrected chi connectivity index (χ0v) is 44.9. The van der Waals surface area contributed by atoms with E-state index >= 15 is 0 Å². The van der Waals surface area contributed by atoms with Crippen LogP contribution in [-0.2, 0) is 24.8 Å². The average molecular weight is 1170 g/mol. The van der Waals surface area contributed by atoms with Gasteiger partial charge in [0.1, 0.15) is 23.5 Å². The molecule has 8 nitrogen and oxygen atoms in total. The topological polar surface area (TPSA) is 71.7 Å². The zero-order chi connectivity index (χ0) is 49.9. The molecule has 10 heteroatoms. The van der Waals surface area contributed by atoms with Crippen molar-refractivity contribution in [1.82, 2.24) is 24.0 Å². The zero-order valence-electron chi connectivity index (χ0n) is 41.7. The van der Waals surface area contributed by atoms with Crippen molar-refractivity contribution in [2.75, 3.05) is 13.7 Å². The van der Waals surface area contributed by atoms with Gasteiger partial charge in [-0.1, -0.05) is 85.1 Å². The van der Waals surface area contributed by atoms with E-state index in [1.807, 2.05) is 88.3 Å². The van der Waals surface area contributed by atoms with Crippen molar-refractivity contribution < 1.29 is 34.0 Å². The monoisotopic (exact) mass is 1170 g/mol. The summed E-state index contributed by atoms with van der Waals surface area (Å²) < 4.78 is 24.9. The molecule has 0 aliphatic carbocycles. The molecule has 0 bridgehead atoms. The summed E-state index contributed by atoms with van der Waals surface area (Å²) in [5.41, 5.74) is 16.4. The minimum absolute atomic E-state index is 0. The normalized spacial score (nSPS) is 12.0. The Balaban J connectivity index is 0.000000180. The number of aromatic nitrogens is 5. The Morgan fingerprint density at radius 2 is 1.35 bits per heavy atom. The van der Waals surface area contributed by atoms with Crippen LogP contribution in [0.2, 0.25) is 0 Å². The molecule has 14 aromatic rings.